The number of ether oxygens (including phenoxy) is 2. The molecule has 21 heavy (non-hydrogen) atoms. The maximum Gasteiger partial charge on any atom is 0.326 e. The Morgan fingerprint density at radius 3 is 2.57 bits per heavy atom. The van der Waals surface area contributed by atoms with E-state index in [-0.39, 0.29) is 0 Å². The number of carboxylic acid groups (broad SMARTS) is 1. The molecule has 8 heteroatoms. The van der Waals surface area contributed by atoms with Crippen LogP contribution in [0.15, 0.2) is 0 Å². The molecule has 1 fully saturated rings. The molecule has 0 saturated carbocycles. The topological polar surface area (TPSA) is 114 Å². The van der Waals surface area contributed by atoms with Gasteiger partial charge in [-0.15, -0.1) is 0 Å². The van der Waals surface area contributed by atoms with Crippen LogP contribution in [0.2, 0.25) is 0 Å². The van der Waals surface area contributed by atoms with E-state index in [1.807, 2.05) is 0 Å². The Bertz CT molecular complexity index is 398. The highest BCUT2D eigenvalue weighted by Gasteiger charge is 2.30. The van der Waals surface area contributed by atoms with Crippen molar-refractivity contribution in [3.63, 3.8) is 0 Å². The molecule has 1 amide bonds. The highest BCUT2D eigenvalue weighted by molar-refractivity contribution is 5.89. The van der Waals surface area contributed by atoms with Crippen molar-refractivity contribution >= 4 is 17.8 Å². The number of aliphatic carboxylic acids is 1. The monoisotopic (exact) mass is 302 g/mol. The largest absolute Gasteiger partial charge is 0.480 e. The summed E-state index contributed by atoms with van der Waals surface area (Å²) in [6.07, 6.45) is -1.18. The second-order valence-corrected chi connectivity index (χ2v) is 5.75. The zero-order valence-corrected chi connectivity index (χ0v) is 12.5. The molecule has 8 nitrogen and oxygen atoms in total. The summed E-state index contributed by atoms with van der Waals surface area (Å²) in [4.78, 5) is 34.7. The van der Waals surface area contributed by atoms with Crippen LogP contribution in [-0.4, -0.2) is 60.4 Å². The maximum absolute atomic E-state index is 11.9. The Morgan fingerprint density at radius 2 is 2.10 bits per heavy atom. The van der Waals surface area contributed by atoms with E-state index >= 15 is 0 Å². The lowest BCUT2D eigenvalue weighted by molar-refractivity contribution is -0.159. The molecule has 0 spiro atoms. The first-order valence-corrected chi connectivity index (χ1v) is 6.76. The van der Waals surface area contributed by atoms with Crippen molar-refractivity contribution in [2.75, 3.05) is 19.7 Å². The minimum atomic E-state index is -1.34. The summed E-state index contributed by atoms with van der Waals surface area (Å²) in [5.74, 6) is -2.53. The first kappa shape index (κ1) is 17.4. The van der Waals surface area contributed by atoms with Gasteiger partial charge in [0.15, 0.2) is 0 Å². The highest BCUT2D eigenvalue weighted by atomic mass is 16.6. The van der Waals surface area contributed by atoms with Gasteiger partial charge in [-0.3, -0.25) is 9.59 Å². The van der Waals surface area contributed by atoms with E-state index in [1.54, 1.807) is 20.8 Å². The molecule has 2 atom stereocenters. The number of amides is 1. The number of rotatable bonds is 5. The molecule has 1 rings (SSSR count). The van der Waals surface area contributed by atoms with Crippen molar-refractivity contribution in [3.05, 3.63) is 0 Å². The summed E-state index contributed by atoms with van der Waals surface area (Å²) in [7, 11) is 0. The molecule has 0 radical (unpaired) electrons. The Balaban J connectivity index is 2.55. The predicted octanol–water partition coefficient (Wildman–Crippen LogP) is -0.724. The Kier molecular flexibility index (Phi) is 6.10. The summed E-state index contributed by atoms with van der Waals surface area (Å²) in [5, 5.41) is 14.4. The van der Waals surface area contributed by atoms with Crippen molar-refractivity contribution < 1.29 is 29.0 Å². The Hall–Kier alpha value is -1.67. The van der Waals surface area contributed by atoms with E-state index in [9.17, 15) is 14.4 Å². The third-order valence-corrected chi connectivity index (χ3v) is 2.63. The average molecular weight is 302 g/mol. The van der Waals surface area contributed by atoms with E-state index in [0.717, 1.165) is 0 Å². The second-order valence-electron chi connectivity index (χ2n) is 5.75. The normalized spacial score (nSPS) is 20.4. The van der Waals surface area contributed by atoms with Gasteiger partial charge in [-0.25, -0.2) is 4.79 Å². The second kappa shape index (κ2) is 7.37. The van der Waals surface area contributed by atoms with Crippen molar-refractivity contribution in [3.8, 4) is 0 Å². The number of carbonyl (C=O) groups excluding carboxylic acids is 2. The number of esters is 1. The van der Waals surface area contributed by atoms with Gasteiger partial charge in [0.2, 0.25) is 0 Å². The molecule has 0 aromatic heterocycles. The molecule has 0 aromatic rings. The number of nitrogens with one attached hydrogen (secondary N) is 2. The highest BCUT2D eigenvalue weighted by Crippen LogP contribution is 2.10. The first-order valence-electron chi connectivity index (χ1n) is 6.76. The van der Waals surface area contributed by atoms with Crippen molar-refractivity contribution in [1.82, 2.24) is 10.6 Å². The fourth-order valence-corrected chi connectivity index (χ4v) is 1.75. The number of morpholine rings is 1. The van der Waals surface area contributed by atoms with E-state index in [2.05, 4.69) is 10.6 Å². The Morgan fingerprint density at radius 1 is 1.43 bits per heavy atom. The lowest BCUT2D eigenvalue weighted by Gasteiger charge is -2.25. The molecule has 1 saturated heterocycles. The number of hydrogen-bond acceptors (Lipinski definition) is 6. The number of hydrogen-bond donors (Lipinski definition) is 3. The summed E-state index contributed by atoms with van der Waals surface area (Å²) in [6.45, 7) is 6.37. The smallest absolute Gasteiger partial charge is 0.326 e. The van der Waals surface area contributed by atoms with Crippen molar-refractivity contribution in [2.45, 2.75) is 44.9 Å². The van der Waals surface area contributed by atoms with Gasteiger partial charge >= 0.3 is 11.9 Å². The van der Waals surface area contributed by atoms with E-state index in [0.29, 0.717) is 19.7 Å². The summed E-state index contributed by atoms with van der Waals surface area (Å²) in [5.41, 5.74) is -0.708. The van der Waals surface area contributed by atoms with Crippen LogP contribution in [0.3, 0.4) is 0 Å². The SMILES string of the molecule is CC(C)(C)OC(=O)C[C@H](NC(=O)C1CNCCO1)C(=O)O. The first-order chi connectivity index (χ1) is 9.69. The van der Waals surface area contributed by atoms with Crippen LogP contribution in [0, 0.1) is 0 Å². The predicted molar refractivity (Wildman–Crippen MR) is 72.6 cm³/mol. The van der Waals surface area contributed by atoms with Crippen LogP contribution in [0.25, 0.3) is 0 Å². The molecule has 1 aliphatic rings. The van der Waals surface area contributed by atoms with E-state index in [1.165, 1.54) is 0 Å². The molecule has 0 aliphatic carbocycles. The van der Waals surface area contributed by atoms with Crippen LogP contribution in [-0.2, 0) is 23.9 Å². The van der Waals surface area contributed by atoms with Crippen LogP contribution in [0.1, 0.15) is 27.2 Å². The third kappa shape index (κ3) is 6.54. The van der Waals surface area contributed by atoms with Gasteiger partial charge in [0.05, 0.1) is 13.0 Å². The van der Waals surface area contributed by atoms with E-state index < -0.39 is 42.0 Å². The summed E-state index contributed by atoms with van der Waals surface area (Å²) >= 11 is 0. The lowest BCUT2D eigenvalue weighted by Crippen LogP contribution is -2.52. The molecule has 1 aliphatic heterocycles. The zero-order valence-electron chi connectivity index (χ0n) is 12.5. The van der Waals surface area contributed by atoms with Gasteiger partial charge in [0, 0.05) is 13.1 Å². The molecule has 0 aromatic carbocycles. The number of carboxylic acids is 1. The van der Waals surface area contributed by atoms with Gasteiger partial charge in [0.25, 0.3) is 5.91 Å². The van der Waals surface area contributed by atoms with Gasteiger partial charge in [-0.1, -0.05) is 0 Å². The van der Waals surface area contributed by atoms with Crippen LogP contribution in [0.5, 0.6) is 0 Å². The van der Waals surface area contributed by atoms with Crippen LogP contribution >= 0.6 is 0 Å². The fraction of sp³-hybridized carbons (Fsp3) is 0.769. The quantitative estimate of drug-likeness (QED) is 0.574. The van der Waals surface area contributed by atoms with E-state index in [4.69, 9.17) is 14.6 Å². The van der Waals surface area contributed by atoms with Gasteiger partial charge in [-0.2, -0.15) is 0 Å². The van der Waals surface area contributed by atoms with Gasteiger partial charge in [-0.05, 0) is 20.8 Å². The number of carbonyl (C=O) groups is 3. The third-order valence-electron chi connectivity index (χ3n) is 2.63. The fourth-order valence-electron chi connectivity index (χ4n) is 1.75. The molecular formula is C13H22N2O6. The molecule has 1 heterocycles. The van der Waals surface area contributed by atoms with Crippen LogP contribution < -0.4 is 10.6 Å². The lowest BCUT2D eigenvalue weighted by atomic mass is 10.1. The summed E-state index contributed by atoms with van der Waals surface area (Å²) < 4.78 is 10.3. The van der Waals surface area contributed by atoms with Gasteiger partial charge < -0.3 is 25.2 Å². The van der Waals surface area contributed by atoms with Gasteiger partial charge in [0.1, 0.15) is 17.7 Å². The van der Waals surface area contributed by atoms with Crippen LogP contribution in [0.4, 0.5) is 0 Å². The zero-order chi connectivity index (χ0) is 16.0. The summed E-state index contributed by atoms with van der Waals surface area (Å²) in [6, 6.07) is -1.34. The molecule has 120 valence electrons. The Labute approximate surface area is 123 Å². The molecule has 1 unspecified atom stereocenters. The standard InChI is InChI=1S/C13H22N2O6/c1-13(2,3)21-10(16)6-8(12(18)19)15-11(17)9-7-14-4-5-20-9/h8-9,14H,4-7H2,1-3H3,(H,15,17)(H,18,19)/t8-,9?/m0/s1. The minimum absolute atomic E-state index is 0.310. The molecular weight excluding hydrogens is 280 g/mol. The van der Waals surface area contributed by atoms with Crippen molar-refractivity contribution in [2.24, 2.45) is 0 Å². The molecule has 0 bridgehead atoms. The minimum Gasteiger partial charge on any atom is -0.480 e. The average Bonchev–Trinajstić information content (AvgIpc) is 2.36. The maximum atomic E-state index is 11.9. The molecule has 3 N–H and O–H groups in total. The van der Waals surface area contributed by atoms with Crippen molar-refractivity contribution in [1.29, 1.82) is 0 Å².